The summed E-state index contributed by atoms with van der Waals surface area (Å²) in [4.78, 5) is 48.6. The number of primary amides is 1. The minimum Gasteiger partial charge on any atom is -0.507 e. The van der Waals surface area contributed by atoms with Crippen LogP contribution >= 0.6 is 0 Å². The van der Waals surface area contributed by atoms with Gasteiger partial charge in [-0.05, 0) is 72.9 Å². The Bertz CT molecular complexity index is 1380. The summed E-state index contributed by atoms with van der Waals surface area (Å²) < 4.78 is 43.9. The second-order valence-corrected chi connectivity index (χ2v) is 10.5. The summed E-state index contributed by atoms with van der Waals surface area (Å²) in [5.41, 5.74) is 7.04. The van der Waals surface area contributed by atoms with Gasteiger partial charge in [0.05, 0.1) is 25.2 Å². The number of Topliss-reactive ketones (excluding diaryl/α,β-unsaturated/α-hetero) is 2. The predicted molar refractivity (Wildman–Crippen MR) is 156 cm³/mol. The Kier molecular flexibility index (Phi) is 12.9. The van der Waals surface area contributed by atoms with E-state index in [1.54, 1.807) is 31.2 Å². The Morgan fingerprint density at radius 1 is 1.16 bits per heavy atom. The van der Waals surface area contributed by atoms with Crippen molar-refractivity contribution in [2.24, 2.45) is 23.5 Å². The molecule has 2 aromatic rings. The molecule has 1 aliphatic carbocycles. The molecular weight excluding hydrogens is 589 g/mol. The number of aliphatic hydroxyl groups excluding tert-OH is 2. The largest absolute Gasteiger partial charge is 0.507 e. The van der Waals surface area contributed by atoms with Crippen LogP contribution in [0.25, 0.3) is 11.1 Å². The minimum absolute atomic E-state index is 0. The number of hydrogen-bond donors (Lipinski definition) is 5. The number of hydrogen-bond acceptors (Lipinski definition) is 8. The van der Waals surface area contributed by atoms with Crippen LogP contribution in [0.3, 0.4) is 0 Å². The molecule has 246 valence electrons. The standard InChI is InChI=1S/C30H35F3N2O8.H2O.2H2/c1-2-43-26-6-3-17(12-19(26)14-35-29(42)30(31,32)33)20-4-5-23(38)28-21(20)10-16(11-25(28)40)9-18(7-8-36)22(15-37)24(39)13-27(34)41;;;/h3-6,12,16,18,22,36-38H,2,7-11,13-15H2,1H3,(H2,34,41)(H,35,42);1H2;2*1H. The zero-order valence-electron chi connectivity index (χ0n) is 24.1. The summed E-state index contributed by atoms with van der Waals surface area (Å²) in [7, 11) is 0. The van der Waals surface area contributed by atoms with Gasteiger partial charge in [-0.3, -0.25) is 19.2 Å². The van der Waals surface area contributed by atoms with E-state index in [1.807, 2.05) is 5.32 Å². The number of aromatic hydroxyl groups is 1. The Hall–Kier alpha value is -4.01. The second kappa shape index (κ2) is 15.6. The molecule has 11 nitrogen and oxygen atoms in total. The number of ether oxygens (including phenoxy) is 1. The first kappa shape index (κ1) is 36.2. The summed E-state index contributed by atoms with van der Waals surface area (Å²) >= 11 is 0. The molecule has 1 aliphatic rings. The van der Waals surface area contributed by atoms with Crippen LogP contribution in [0, 0.1) is 17.8 Å². The molecule has 0 saturated carbocycles. The number of amides is 2. The average Bonchev–Trinajstić information content (AvgIpc) is 2.92. The summed E-state index contributed by atoms with van der Waals surface area (Å²) in [6.07, 6.45) is -4.97. The second-order valence-electron chi connectivity index (χ2n) is 10.5. The summed E-state index contributed by atoms with van der Waals surface area (Å²) in [6, 6.07) is 7.67. The van der Waals surface area contributed by atoms with Crippen molar-refractivity contribution in [2.45, 2.75) is 51.7 Å². The SMILES string of the molecule is CCOc1ccc(-c2ccc(O)c3c2CC(CC(CCO)C(CO)C(=O)CC(N)=O)CC3=O)cc1CNC(=O)C(F)(F)F.O.[HH].[HH]. The monoisotopic (exact) mass is 630 g/mol. The van der Waals surface area contributed by atoms with Crippen molar-refractivity contribution in [2.75, 3.05) is 19.8 Å². The van der Waals surface area contributed by atoms with Crippen molar-refractivity contribution in [3.05, 3.63) is 47.0 Å². The van der Waals surface area contributed by atoms with E-state index in [0.717, 1.165) is 0 Å². The molecule has 0 aromatic heterocycles. The fourth-order valence-electron chi connectivity index (χ4n) is 5.67. The summed E-state index contributed by atoms with van der Waals surface area (Å²) in [6.45, 7) is 0.569. The highest BCUT2D eigenvalue weighted by Gasteiger charge is 2.38. The Balaban J connectivity index is 0.00000675. The van der Waals surface area contributed by atoms with Crippen LogP contribution in [0.1, 0.15) is 56.9 Å². The number of carbonyl (C=O) groups is 4. The zero-order chi connectivity index (χ0) is 31.9. The van der Waals surface area contributed by atoms with E-state index >= 15 is 0 Å². The number of phenols is 1. The molecule has 3 rings (SSSR count). The molecule has 0 heterocycles. The van der Waals surface area contributed by atoms with Gasteiger partial charge in [0.2, 0.25) is 5.91 Å². The lowest BCUT2D eigenvalue weighted by Crippen LogP contribution is -2.36. The van der Waals surface area contributed by atoms with Gasteiger partial charge in [-0.25, -0.2) is 0 Å². The highest BCUT2D eigenvalue weighted by molar-refractivity contribution is 6.03. The van der Waals surface area contributed by atoms with Crippen molar-refractivity contribution in [1.29, 1.82) is 0 Å². The van der Waals surface area contributed by atoms with E-state index in [9.17, 15) is 47.7 Å². The van der Waals surface area contributed by atoms with Crippen LogP contribution in [0.2, 0.25) is 0 Å². The van der Waals surface area contributed by atoms with Gasteiger partial charge < -0.3 is 36.6 Å². The third-order valence-corrected chi connectivity index (χ3v) is 7.57. The van der Waals surface area contributed by atoms with Crippen molar-refractivity contribution >= 4 is 23.4 Å². The van der Waals surface area contributed by atoms with Crippen LogP contribution in [0.4, 0.5) is 13.2 Å². The number of rotatable bonds is 14. The number of benzene rings is 2. The van der Waals surface area contributed by atoms with E-state index in [2.05, 4.69) is 0 Å². The normalized spacial score (nSPS) is 15.9. The lowest BCUT2D eigenvalue weighted by molar-refractivity contribution is -0.173. The molecule has 0 radical (unpaired) electrons. The number of aliphatic hydroxyl groups is 2. The zero-order valence-corrected chi connectivity index (χ0v) is 24.1. The van der Waals surface area contributed by atoms with E-state index in [0.29, 0.717) is 16.7 Å². The van der Waals surface area contributed by atoms with Gasteiger partial charge in [-0.2, -0.15) is 13.2 Å². The molecule has 2 aromatic carbocycles. The first-order valence-corrected chi connectivity index (χ1v) is 13.8. The molecule has 0 aliphatic heterocycles. The maximum atomic E-state index is 13.3. The maximum absolute atomic E-state index is 13.3. The first-order valence-electron chi connectivity index (χ1n) is 13.8. The fraction of sp³-hybridized carbons (Fsp3) is 0.467. The quantitative estimate of drug-likeness (QED) is 0.195. The maximum Gasteiger partial charge on any atom is 0.471 e. The van der Waals surface area contributed by atoms with E-state index in [-0.39, 0.29) is 81.6 Å². The topological polar surface area (TPSA) is 208 Å². The van der Waals surface area contributed by atoms with Crippen molar-refractivity contribution in [3.63, 3.8) is 0 Å². The smallest absolute Gasteiger partial charge is 0.471 e. The molecule has 2 amide bonds. The Morgan fingerprint density at radius 2 is 1.86 bits per heavy atom. The van der Waals surface area contributed by atoms with Gasteiger partial charge in [0.1, 0.15) is 17.3 Å². The van der Waals surface area contributed by atoms with Crippen molar-refractivity contribution in [1.82, 2.24) is 5.32 Å². The Labute approximate surface area is 254 Å². The number of carbonyl (C=O) groups excluding carboxylic acids is 4. The Morgan fingerprint density at radius 3 is 2.45 bits per heavy atom. The summed E-state index contributed by atoms with van der Waals surface area (Å²) in [5, 5.41) is 32.0. The van der Waals surface area contributed by atoms with Crippen molar-refractivity contribution < 1.29 is 60.7 Å². The molecule has 14 heteroatoms. The number of phenolic OH excluding ortho intramolecular Hbond substituents is 1. The third kappa shape index (κ3) is 8.77. The molecule has 0 fully saturated rings. The van der Waals surface area contributed by atoms with Crippen LogP contribution in [-0.2, 0) is 27.3 Å². The molecule has 44 heavy (non-hydrogen) atoms. The number of alkyl halides is 3. The third-order valence-electron chi connectivity index (χ3n) is 7.57. The van der Waals surface area contributed by atoms with E-state index < -0.39 is 55.2 Å². The number of fused-ring (bicyclic) bond motifs is 1. The van der Waals surface area contributed by atoms with E-state index in [4.69, 9.17) is 10.5 Å². The lowest BCUT2D eigenvalue weighted by Gasteiger charge is -2.31. The van der Waals surface area contributed by atoms with Gasteiger partial charge in [0.25, 0.3) is 0 Å². The molecule has 3 atom stereocenters. The molecular formula is C30H41F3N2O9. The van der Waals surface area contributed by atoms with Crippen LogP contribution in [0.15, 0.2) is 30.3 Å². The van der Waals surface area contributed by atoms with Gasteiger partial charge in [-0.15, -0.1) is 0 Å². The average molecular weight is 631 g/mol. The number of nitrogens with two attached hydrogens (primary N) is 1. The fourth-order valence-corrected chi connectivity index (χ4v) is 5.67. The lowest BCUT2D eigenvalue weighted by atomic mass is 9.72. The molecule has 0 bridgehead atoms. The summed E-state index contributed by atoms with van der Waals surface area (Å²) in [5.74, 6) is -5.74. The number of ketones is 2. The number of nitrogens with one attached hydrogen (secondary N) is 1. The highest BCUT2D eigenvalue weighted by Crippen LogP contribution is 2.42. The van der Waals surface area contributed by atoms with Gasteiger partial charge >= 0.3 is 12.1 Å². The minimum atomic E-state index is -5.07. The molecule has 8 N–H and O–H groups in total. The highest BCUT2D eigenvalue weighted by atomic mass is 19.4. The van der Waals surface area contributed by atoms with Crippen LogP contribution in [0.5, 0.6) is 11.5 Å². The van der Waals surface area contributed by atoms with Crippen LogP contribution in [-0.4, -0.2) is 70.2 Å². The van der Waals surface area contributed by atoms with Crippen molar-refractivity contribution in [3.8, 4) is 22.6 Å². The number of halogens is 3. The molecule has 0 saturated heterocycles. The van der Waals surface area contributed by atoms with Crippen LogP contribution < -0.4 is 15.8 Å². The molecule has 0 spiro atoms. The van der Waals surface area contributed by atoms with E-state index in [1.165, 1.54) is 6.07 Å². The van der Waals surface area contributed by atoms with Gasteiger partial charge in [-0.1, -0.05) is 12.1 Å². The molecule has 3 unspecified atom stereocenters. The first-order chi connectivity index (χ1) is 20.3. The predicted octanol–water partition coefficient (Wildman–Crippen LogP) is 2.49. The van der Waals surface area contributed by atoms with Gasteiger partial charge in [0.15, 0.2) is 5.78 Å². The van der Waals surface area contributed by atoms with Gasteiger partial charge in [0, 0.05) is 33.9 Å².